The highest BCUT2D eigenvalue weighted by Gasteiger charge is 2.56. The molecule has 1 aliphatic heterocycles. The molecule has 9 nitrogen and oxygen atoms in total. The number of ketones is 2. The molecule has 1 N–H and O–H groups in total. The number of aromatic hydroxyl groups is 1. The Hall–Kier alpha value is -5.44. The maximum Gasteiger partial charge on any atom is 0.238 e. The summed E-state index contributed by atoms with van der Waals surface area (Å²) < 4.78 is 0. The first-order valence-electron chi connectivity index (χ1n) is 16.1. The summed E-state index contributed by atoms with van der Waals surface area (Å²) in [6, 6.07) is 18.2. The van der Waals surface area contributed by atoms with Gasteiger partial charge in [0.25, 0.3) is 0 Å². The van der Waals surface area contributed by atoms with Crippen molar-refractivity contribution in [1.82, 2.24) is 0 Å². The van der Waals surface area contributed by atoms with Crippen molar-refractivity contribution in [2.75, 3.05) is 23.9 Å². The number of allylic oxidation sites excluding steroid dienone is 6. The molecule has 4 aliphatic rings. The molecule has 0 radical (unpaired) electrons. The molecule has 4 unspecified atom stereocenters. The lowest BCUT2D eigenvalue weighted by Gasteiger charge is -2.42. The number of amides is 2. The van der Waals surface area contributed by atoms with Crippen LogP contribution >= 0.6 is 0 Å². The van der Waals surface area contributed by atoms with Crippen molar-refractivity contribution in [1.29, 1.82) is 0 Å². The summed E-state index contributed by atoms with van der Waals surface area (Å²) in [5.41, 5.74) is 7.01. The number of nitrogens with zero attached hydrogens (tertiary/aromatic N) is 4. The van der Waals surface area contributed by atoms with E-state index in [1.807, 2.05) is 61.5 Å². The Morgan fingerprint density at radius 1 is 0.812 bits per heavy atom. The number of aryl methyl sites for hydroxylation is 2. The third-order valence-electron chi connectivity index (χ3n) is 10.2. The molecule has 1 fully saturated rings. The van der Waals surface area contributed by atoms with E-state index in [9.17, 15) is 24.3 Å². The van der Waals surface area contributed by atoms with E-state index in [0.29, 0.717) is 51.3 Å². The van der Waals surface area contributed by atoms with Gasteiger partial charge in [-0.3, -0.25) is 24.1 Å². The van der Waals surface area contributed by atoms with Crippen molar-refractivity contribution in [2.24, 2.45) is 28.0 Å². The van der Waals surface area contributed by atoms with Crippen LogP contribution in [0.3, 0.4) is 0 Å². The van der Waals surface area contributed by atoms with Crippen LogP contribution in [-0.4, -0.2) is 42.6 Å². The highest BCUT2D eigenvalue weighted by atomic mass is 16.3. The number of imide groups is 1. The highest BCUT2D eigenvalue weighted by Crippen LogP contribution is 2.55. The second-order valence-electron chi connectivity index (χ2n) is 13.4. The zero-order valence-corrected chi connectivity index (χ0v) is 27.5. The zero-order valence-electron chi connectivity index (χ0n) is 27.5. The topological polar surface area (TPSA) is 120 Å². The summed E-state index contributed by atoms with van der Waals surface area (Å²) in [5.74, 6) is -3.05. The molecular weight excluding hydrogens is 604 g/mol. The normalized spacial score (nSPS) is 23.6. The maximum absolute atomic E-state index is 14.3. The van der Waals surface area contributed by atoms with Crippen LogP contribution in [0.5, 0.6) is 5.75 Å². The Morgan fingerprint density at radius 3 is 2.02 bits per heavy atom. The van der Waals surface area contributed by atoms with E-state index in [2.05, 4.69) is 10.2 Å². The second kappa shape index (κ2) is 11.7. The monoisotopic (exact) mass is 640 g/mol. The van der Waals surface area contributed by atoms with E-state index in [0.717, 1.165) is 16.8 Å². The zero-order chi connectivity index (χ0) is 34.0. The first-order chi connectivity index (χ1) is 22.9. The summed E-state index contributed by atoms with van der Waals surface area (Å²) in [7, 11) is 3.93. The third kappa shape index (κ3) is 5.01. The molecule has 0 aromatic heterocycles. The van der Waals surface area contributed by atoms with Crippen molar-refractivity contribution in [3.63, 3.8) is 0 Å². The van der Waals surface area contributed by atoms with Crippen molar-refractivity contribution >= 4 is 46.1 Å². The molecule has 1 heterocycles. The molecule has 1 saturated heterocycles. The number of phenolic OH excluding ortho intramolecular Hbond substituents is 1. The van der Waals surface area contributed by atoms with Gasteiger partial charge in [-0.1, -0.05) is 23.8 Å². The van der Waals surface area contributed by atoms with Gasteiger partial charge in [0.05, 0.1) is 28.9 Å². The quantitative estimate of drug-likeness (QED) is 0.137. The largest absolute Gasteiger partial charge is 0.507 e. The highest BCUT2D eigenvalue weighted by molar-refractivity contribution is 6.25. The van der Waals surface area contributed by atoms with Gasteiger partial charge in [-0.05, 0) is 111 Å². The van der Waals surface area contributed by atoms with Crippen LogP contribution in [0.4, 0.5) is 22.7 Å². The fraction of sp³-hybridized carbons (Fsp3) is 0.282. The minimum Gasteiger partial charge on any atom is -0.507 e. The van der Waals surface area contributed by atoms with Gasteiger partial charge in [0.1, 0.15) is 5.75 Å². The van der Waals surface area contributed by atoms with Crippen LogP contribution in [0, 0.1) is 31.6 Å². The molecule has 3 aliphatic carbocycles. The molecule has 4 atom stereocenters. The predicted octanol–water partition coefficient (Wildman–Crippen LogP) is 7.12. The SMILES string of the molecule is CC1=CC(=O)C2=C(C1=O)C(c1cc(C)c(O)c(C)c1)C1=CCC3C(=O)N(c4ccc(N=Nc5ccc(N(C)C)cc5)cc4)C(=O)C3C1C2. The van der Waals surface area contributed by atoms with Gasteiger partial charge in [-0.2, -0.15) is 10.2 Å². The Bertz CT molecular complexity index is 2010. The molecule has 0 bridgehead atoms. The molecule has 9 heteroatoms. The average molecular weight is 641 g/mol. The van der Waals surface area contributed by atoms with Gasteiger partial charge in [-0.15, -0.1) is 0 Å². The molecular formula is C39H36N4O5. The van der Waals surface area contributed by atoms with Crippen LogP contribution in [0.1, 0.15) is 42.4 Å². The number of hydrogen-bond donors (Lipinski definition) is 1. The number of carbonyl (C=O) groups excluding carboxylic acids is 4. The summed E-state index contributed by atoms with van der Waals surface area (Å²) in [5, 5.41) is 19.2. The fourth-order valence-electron chi connectivity index (χ4n) is 7.75. The smallest absolute Gasteiger partial charge is 0.238 e. The number of phenols is 1. The number of azo groups is 1. The number of fused-ring (bicyclic) bond motifs is 3. The molecule has 3 aromatic carbocycles. The molecule has 0 spiro atoms. The summed E-state index contributed by atoms with van der Waals surface area (Å²) in [6.07, 6.45) is 3.95. The molecule has 0 saturated carbocycles. The van der Waals surface area contributed by atoms with Crippen LogP contribution in [0.25, 0.3) is 0 Å². The predicted molar refractivity (Wildman–Crippen MR) is 183 cm³/mol. The van der Waals surface area contributed by atoms with Gasteiger partial charge in [0.15, 0.2) is 11.6 Å². The first-order valence-corrected chi connectivity index (χ1v) is 16.1. The van der Waals surface area contributed by atoms with Crippen LogP contribution in [0.2, 0.25) is 0 Å². The van der Waals surface area contributed by atoms with Crippen molar-refractivity contribution in [3.05, 3.63) is 112 Å². The van der Waals surface area contributed by atoms with Crippen LogP contribution in [0.15, 0.2) is 105 Å². The average Bonchev–Trinajstić information content (AvgIpc) is 3.33. The van der Waals surface area contributed by atoms with E-state index < -0.39 is 23.7 Å². The summed E-state index contributed by atoms with van der Waals surface area (Å²) >= 11 is 0. The standard InChI is InChI=1S/C39H36N4O5/c1-20-16-23(17-21(2)36(20)45)33-28-14-15-29-34(30(28)19-31-32(44)18-22(3)37(46)35(31)33)39(48)43(38(29)47)27-12-8-25(9-13-27)41-40-24-6-10-26(11-7-24)42(4)5/h6-14,16-18,29-30,33-34,45H,15,19H2,1-5H3. The fourth-order valence-corrected chi connectivity index (χ4v) is 7.75. The van der Waals surface area contributed by atoms with E-state index >= 15 is 0 Å². The number of carbonyl (C=O) groups is 4. The number of anilines is 2. The molecule has 242 valence electrons. The molecule has 7 rings (SSSR count). The molecule has 48 heavy (non-hydrogen) atoms. The van der Waals surface area contributed by atoms with Gasteiger partial charge < -0.3 is 10.0 Å². The minimum atomic E-state index is -0.673. The lowest BCUT2D eigenvalue weighted by Crippen LogP contribution is -2.39. The summed E-state index contributed by atoms with van der Waals surface area (Å²) in [4.78, 5) is 58.5. The lowest BCUT2D eigenvalue weighted by atomic mass is 9.59. The van der Waals surface area contributed by atoms with E-state index in [-0.39, 0.29) is 35.6 Å². The van der Waals surface area contributed by atoms with Crippen LogP contribution in [-0.2, 0) is 19.2 Å². The number of Topliss-reactive ketones (excluding diaryl/α,β-unsaturated/α-hetero) is 1. The van der Waals surface area contributed by atoms with Gasteiger partial charge in [0.2, 0.25) is 11.8 Å². The second-order valence-corrected chi connectivity index (χ2v) is 13.4. The molecule has 3 aromatic rings. The van der Waals surface area contributed by atoms with Crippen molar-refractivity contribution in [3.8, 4) is 5.75 Å². The molecule has 2 amide bonds. The maximum atomic E-state index is 14.3. The third-order valence-corrected chi connectivity index (χ3v) is 10.2. The van der Waals surface area contributed by atoms with E-state index in [1.165, 1.54) is 11.0 Å². The number of benzene rings is 3. The first kappa shape index (κ1) is 31.2. The van der Waals surface area contributed by atoms with Gasteiger partial charge in [-0.25, -0.2) is 0 Å². The minimum absolute atomic E-state index is 0.179. The van der Waals surface area contributed by atoms with Crippen molar-refractivity contribution in [2.45, 2.75) is 39.5 Å². The Kier molecular flexibility index (Phi) is 7.58. The Morgan fingerprint density at radius 2 is 1.42 bits per heavy atom. The van der Waals surface area contributed by atoms with E-state index in [1.54, 1.807) is 45.0 Å². The number of hydrogen-bond acceptors (Lipinski definition) is 8. The van der Waals surface area contributed by atoms with E-state index in [4.69, 9.17) is 0 Å². The van der Waals surface area contributed by atoms with Gasteiger partial charge >= 0.3 is 0 Å². The van der Waals surface area contributed by atoms with Crippen molar-refractivity contribution < 1.29 is 24.3 Å². The van der Waals surface area contributed by atoms with Crippen LogP contribution < -0.4 is 9.80 Å². The van der Waals surface area contributed by atoms with Gasteiger partial charge in [0, 0.05) is 42.4 Å². The Balaban J connectivity index is 1.20. The summed E-state index contributed by atoms with van der Waals surface area (Å²) in [6.45, 7) is 5.26. The Labute approximate surface area is 279 Å². The number of rotatable bonds is 5. The lowest BCUT2D eigenvalue weighted by molar-refractivity contribution is -0.123.